The van der Waals surface area contributed by atoms with Gasteiger partial charge < -0.3 is 10.2 Å². The fourth-order valence-corrected chi connectivity index (χ4v) is 1.49. The van der Waals surface area contributed by atoms with Crippen molar-refractivity contribution in [2.24, 2.45) is 0 Å². The molecule has 1 heterocycles. The number of fused-ring (bicyclic) bond motifs is 1. The van der Waals surface area contributed by atoms with E-state index in [9.17, 15) is 4.79 Å². The third kappa shape index (κ3) is 1.87. The highest BCUT2D eigenvalue weighted by Crippen LogP contribution is 2.13. The Kier molecular flexibility index (Phi) is 2.82. The zero-order valence-corrected chi connectivity index (χ0v) is 8.50. The Balaban J connectivity index is 2.38. The molecule has 1 aromatic heterocycles. The monoisotopic (exact) mass is 221 g/mol. The molecule has 0 amide bonds. The second-order valence-electron chi connectivity index (χ2n) is 3.40. The minimum Gasteiger partial charge on any atom is -0.478 e. The summed E-state index contributed by atoms with van der Waals surface area (Å²) in [7, 11) is 0. The Morgan fingerprint density at radius 3 is 2.94 bits per heavy atom. The zero-order valence-electron chi connectivity index (χ0n) is 8.50. The van der Waals surface area contributed by atoms with Crippen molar-refractivity contribution in [2.45, 2.75) is 13.0 Å². The molecule has 2 rings (SSSR count). The second-order valence-corrected chi connectivity index (χ2v) is 3.40. The summed E-state index contributed by atoms with van der Waals surface area (Å²) in [6, 6.07) is 4.68. The number of aromatic carboxylic acids is 1. The first kappa shape index (κ1) is 10.6. The number of carboxylic acids is 1. The number of hydrogen-bond acceptors (Lipinski definition) is 4. The van der Waals surface area contributed by atoms with Crippen LogP contribution in [-0.2, 0) is 6.54 Å². The highest BCUT2D eigenvalue weighted by Gasteiger charge is 2.08. The SMILES string of the molecule is O=C(O)c1ccc2c(c1)nnn2CCCO. The van der Waals surface area contributed by atoms with Gasteiger partial charge in [0, 0.05) is 13.2 Å². The molecule has 2 N–H and O–H groups in total. The summed E-state index contributed by atoms with van der Waals surface area (Å²) in [6.07, 6.45) is 0.596. The quantitative estimate of drug-likeness (QED) is 0.785. The molecule has 0 bridgehead atoms. The van der Waals surface area contributed by atoms with Gasteiger partial charge >= 0.3 is 5.97 Å². The first-order chi connectivity index (χ1) is 7.72. The predicted octanol–water partition coefficient (Wildman–Crippen LogP) is 0.512. The first-order valence-corrected chi connectivity index (χ1v) is 4.90. The van der Waals surface area contributed by atoms with E-state index in [1.54, 1.807) is 10.7 Å². The van der Waals surface area contributed by atoms with Crippen LogP contribution in [0.2, 0.25) is 0 Å². The summed E-state index contributed by atoms with van der Waals surface area (Å²) in [5.41, 5.74) is 1.53. The van der Waals surface area contributed by atoms with E-state index in [4.69, 9.17) is 10.2 Å². The number of aromatic nitrogens is 3. The van der Waals surface area contributed by atoms with Crippen LogP contribution in [0.15, 0.2) is 18.2 Å². The maximum absolute atomic E-state index is 10.7. The standard InChI is InChI=1S/C10H11N3O3/c14-5-1-4-13-9-3-2-7(10(15)16)6-8(9)11-12-13/h2-3,6,14H,1,4-5H2,(H,15,16). The summed E-state index contributed by atoms with van der Waals surface area (Å²) in [5, 5.41) is 25.3. The highest BCUT2D eigenvalue weighted by atomic mass is 16.4. The van der Waals surface area contributed by atoms with E-state index < -0.39 is 5.97 Å². The van der Waals surface area contributed by atoms with Gasteiger partial charge in [0.1, 0.15) is 5.52 Å². The van der Waals surface area contributed by atoms with E-state index in [1.807, 2.05) is 0 Å². The van der Waals surface area contributed by atoms with Crippen molar-refractivity contribution in [3.05, 3.63) is 23.8 Å². The van der Waals surface area contributed by atoms with Gasteiger partial charge in [0.15, 0.2) is 0 Å². The van der Waals surface area contributed by atoms with Crippen molar-refractivity contribution in [1.82, 2.24) is 15.0 Å². The van der Waals surface area contributed by atoms with Gasteiger partial charge in [-0.05, 0) is 24.6 Å². The lowest BCUT2D eigenvalue weighted by molar-refractivity contribution is 0.0697. The van der Waals surface area contributed by atoms with E-state index in [-0.39, 0.29) is 12.2 Å². The van der Waals surface area contributed by atoms with Crippen molar-refractivity contribution in [3.8, 4) is 0 Å². The topological polar surface area (TPSA) is 88.2 Å². The number of aliphatic hydroxyl groups excluding tert-OH is 1. The summed E-state index contributed by atoms with van der Waals surface area (Å²) < 4.78 is 1.65. The minimum atomic E-state index is -0.980. The van der Waals surface area contributed by atoms with Crippen molar-refractivity contribution in [3.63, 3.8) is 0 Å². The van der Waals surface area contributed by atoms with E-state index in [0.29, 0.717) is 18.5 Å². The largest absolute Gasteiger partial charge is 0.478 e. The zero-order chi connectivity index (χ0) is 11.5. The lowest BCUT2D eigenvalue weighted by Gasteiger charge is -1.99. The lowest BCUT2D eigenvalue weighted by atomic mass is 10.2. The van der Waals surface area contributed by atoms with E-state index in [0.717, 1.165) is 5.52 Å². The molecule has 0 fully saturated rings. The Hall–Kier alpha value is -1.95. The number of aliphatic hydroxyl groups is 1. The molecule has 1 aromatic carbocycles. The molecule has 2 aromatic rings. The second kappa shape index (κ2) is 4.28. The maximum atomic E-state index is 10.7. The van der Waals surface area contributed by atoms with Crippen LogP contribution >= 0.6 is 0 Å². The van der Waals surface area contributed by atoms with Gasteiger partial charge in [-0.15, -0.1) is 5.10 Å². The average Bonchev–Trinajstić information content (AvgIpc) is 2.68. The van der Waals surface area contributed by atoms with E-state index in [2.05, 4.69) is 10.3 Å². The fraction of sp³-hybridized carbons (Fsp3) is 0.300. The summed E-state index contributed by atoms with van der Waals surface area (Å²) in [4.78, 5) is 10.7. The van der Waals surface area contributed by atoms with Gasteiger partial charge in [0.25, 0.3) is 0 Å². The number of carbonyl (C=O) groups is 1. The molecule has 0 saturated heterocycles. The lowest BCUT2D eigenvalue weighted by Crippen LogP contribution is -2.02. The van der Waals surface area contributed by atoms with Crippen LogP contribution in [-0.4, -0.2) is 37.8 Å². The van der Waals surface area contributed by atoms with Crippen LogP contribution in [0.5, 0.6) is 0 Å². The summed E-state index contributed by atoms with van der Waals surface area (Å²) in [6.45, 7) is 0.661. The fourth-order valence-electron chi connectivity index (χ4n) is 1.49. The molecule has 0 saturated carbocycles. The molecule has 0 atom stereocenters. The molecular formula is C10H11N3O3. The van der Waals surface area contributed by atoms with Crippen molar-refractivity contribution in [1.29, 1.82) is 0 Å². The van der Waals surface area contributed by atoms with Crippen LogP contribution < -0.4 is 0 Å². The first-order valence-electron chi connectivity index (χ1n) is 4.90. The third-order valence-corrected chi connectivity index (χ3v) is 2.29. The molecule has 6 heteroatoms. The average molecular weight is 221 g/mol. The number of benzene rings is 1. The van der Waals surface area contributed by atoms with Crippen molar-refractivity contribution < 1.29 is 15.0 Å². The Labute approximate surface area is 91.1 Å². The smallest absolute Gasteiger partial charge is 0.335 e. The minimum absolute atomic E-state index is 0.0918. The van der Waals surface area contributed by atoms with Crippen molar-refractivity contribution >= 4 is 17.0 Å². The van der Waals surface area contributed by atoms with Gasteiger partial charge in [-0.3, -0.25) is 0 Å². The highest BCUT2D eigenvalue weighted by molar-refractivity contribution is 5.92. The number of aryl methyl sites for hydroxylation is 1. The molecule has 0 aliphatic rings. The number of nitrogens with zero attached hydrogens (tertiary/aromatic N) is 3. The van der Waals surface area contributed by atoms with Crippen LogP contribution in [0.1, 0.15) is 16.8 Å². The summed E-state index contributed by atoms with van der Waals surface area (Å²) >= 11 is 0. The third-order valence-electron chi connectivity index (χ3n) is 2.29. The van der Waals surface area contributed by atoms with Crippen LogP contribution in [0, 0.1) is 0 Å². The van der Waals surface area contributed by atoms with E-state index >= 15 is 0 Å². The van der Waals surface area contributed by atoms with Gasteiger partial charge in [-0.2, -0.15) is 0 Å². The maximum Gasteiger partial charge on any atom is 0.335 e. The summed E-state index contributed by atoms with van der Waals surface area (Å²) in [5.74, 6) is -0.980. The molecule has 0 radical (unpaired) electrons. The Morgan fingerprint density at radius 2 is 2.25 bits per heavy atom. The molecule has 6 nitrogen and oxygen atoms in total. The Morgan fingerprint density at radius 1 is 1.44 bits per heavy atom. The number of carboxylic acid groups (broad SMARTS) is 1. The predicted molar refractivity (Wildman–Crippen MR) is 56.2 cm³/mol. The molecule has 0 spiro atoms. The van der Waals surface area contributed by atoms with Gasteiger partial charge in [0.05, 0.1) is 11.1 Å². The molecule has 84 valence electrons. The van der Waals surface area contributed by atoms with E-state index in [1.165, 1.54) is 12.1 Å². The molecule has 0 aliphatic carbocycles. The molecule has 0 aliphatic heterocycles. The molecular weight excluding hydrogens is 210 g/mol. The number of hydrogen-bond donors (Lipinski definition) is 2. The van der Waals surface area contributed by atoms with Gasteiger partial charge in [-0.1, -0.05) is 5.21 Å². The van der Waals surface area contributed by atoms with Gasteiger partial charge in [-0.25, -0.2) is 9.48 Å². The molecule has 16 heavy (non-hydrogen) atoms. The van der Waals surface area contributed by atoms with Crippen LogP contribution in [0.25, 0.3) is 11.0 Å². The Bertz CT molecular complexity index is 521. The van der Waals surface area contributed by atoms with Crippen LogP contribution in [0.4, 0.5) is 0 Å². The van der Waals surface area contributed by atoms with Gasteiger partial charge in [0.2, 0.25) is 0 Å². The van der Waals surface area contributed by atoms with Crippen LogP contribution in [0.3, 0.4) is 0 Å². The normalized spacial score (nSPS) is 10.8. The number of rotatable bonds is 4. The molecule has 0 unspecified atom stereocenters. The van der Waals surface area contributed by atoms with Crippen molar-refractivity contribution in [2.75, 3.05) is 6.61 Å².